The van der Waals surface area contributed by atoms with Gasteiger partial charge in [-0.1, -0.05) is 54.6 Å². The minimum atomic E-state index is -0.0967. The fourth-order valence-corrected chi connectivity index (χ4v) is 2.89. The molecule has 21 heavy (non-hydrogen) atoms. The van der Waals surface area contributed by atoms with Gasteiger partial charge in [0.15, 0.2) is 0 Å². The maximum absolute atomic E-state index is 12.1. The molecule has 0 saturated carbocycles. The first-order chi connectivity index (χ1) is 10.3. The van der Waals surface area contributed by atoms with Crippen molar-refractivity contribution >= 4 is 6.03 Å². The van der Waals surface area contributed by atoms with Gasteiger partial charge in [0.2, 0.25) is 0 Å². The molecule has 1 aliphatic carbocycles. The zero-order valence-corrected chi connectivity index (χ0v) is 12.0. The Balaban J connectivity index is 1.58. The minimum Gasteiger partial charge on any atom is -0.334 e. The molecule has 0 saturated heterocycles. The van der Waals surface area contributed by atoms with Crippen molar-refractivity contribution in [1.29, 1.82) is 0 Å². The lowest BCUT2D eigenvalue weighted by molar-refractivity contribution is 0.235. The molecule has 0 radical (unpaired) electrons. The molecule has 0 heterocycles. The van der Waals surface area contributed by atoms with Crippen molar-refractivity contribution in [1.82, 2.24) is 10.6 Å². The van der Waals surface area contributed by atoms with Gasteiger partial charge in [0.05, 0.1) is 6.04 Å². The second-order valence-electron chi connectivity index (χ2n) is 5.46. The molecule has 3 rings (SSSR count). The number of rotatable bonds is 3. The Labute approximate surface area is 125 Å². The van der Waals surface area contributed by atoms with E-state index >= 15 is 0 Å². The van der Waals surface area contributed by atoms with Crippen LogP contribution in [0.4, 0.5) is 4.79 Å². The molecule has 1 aliphatic rings. The lowest BCUT2D eigenvalue weighted by atomic mass is 9.88. The summed E-state index contributed by atoms with van der Waals surface area (Å²) < 4.78 is 0. The van der Waals surface area contributed by atoms with E-state index in [1.165, 1.54) is 11.1 Å². The highest BCUT2D eigenvalue weighted by atomic mass is 16.2. The number of urea groups is 1. The molecule has 108 valence electrons. The highest BCUT2D eigenvalue weighted by Gasteiger charge is 2.20. The predicted molar refractivity (Wildman–Crippen MR) is 83.9 cm³/mol. The Morgan fingerprint density at radius 1 is 1.05 bits per heavy atom. The van der Waals surface area contributed by atoms with E-state index in [9.17, 15) is 4.79 Å². The predicted octanol–water partition coefficient (Wildman–Crippen LogP) is 3.56. The van der Waals surface area contributed by atoms with Gasteiger partial charge in [0.1, 0.15) is 0 Å². The van der Waals surface area contributed by atoms with Crippen molar-refractivity contribution < 1.29 is 4.79 Å². The van der Waals surface area contributed by atoms with Crippen molar-refractivity contribution in [3.05, 3.63) is 71.3 Å². The number of carbonyl (C=O) groups excluding carboxylic acids is 1. The van der Waals surface area contributed by atoms with Gasteiger partial charge in [0.25, 0.3) is 0 Å². The molecule has 0 bridgehead atoms. The molecule has 0 aromatic heterocycles. The highest BCUT2D eigenvalue weighted by molar-refractivity contribution is 5.74. The summed E-state index contributed by atoms with van der Waals surface area (Å²) in [7, 11) is 0. The van der Waals surface area contributed by atoms with Crippen molar-refractivity contribution in [2.75, 3.05) is 0 Å². The van der Waals surface area contributed by atoms with E-state index in [1.807, 2.05) is 36.4 Å². The smallest absolute Gasteiger partial charge is 0.315 e. The van der Waals surface area contributed by atoms with Crippen LogP contribution in [-0.4, -0.2) is 6.03 Å². The van der Waals surface area contributed by atoms with E-state index in [2.05, 4.69) is 28.8 Å². The quantitative estimate of drug-likeness (QED) is 0.886. The molecule has 2 N–H and O–H groups in total. The minimum absolute atomic E-state index is 0.0967. The highest BCUT2D eigenvalue weighted by Crippen LogP contribution is 2.29. The molecule has 2 aromatic carbocycles. The fraction of sp³-hybridized carbons (Fsp3) is 0.278. The average molecular weight is 280 g/mol. The topological polar surface area (TPSA) is 41.1 Å². The normalized spacial score (nSPS) is 16.9. The van der Waals surface area contributed by atoms with Gasteiger partial charge in [-0.3, -0.25) is 0 Å². The molecular weight excluding hydrogens is 260 g/mol. The van der Waals surface area contributed by atoms with Crippen LogP contribution in [0.1, 0.15) is 35.6 Å². The first-order valence-electron chi connectivity index (χ1n) is 7.49. The summed E-state index contributed by atoms with van der Waals surface area (Å²) >= 11 is 0. The van der Waals surface area contributed by atoms with Crippen LogP contribution >= 0.6 is 0 Å². The van der Waals surface area contributed by atoms with Gasteiger partial charge in [-0.05, 0) is 36.0 Å². The fourth-order valence-electron chi connectivity index (χ4n) is 2.89. The largest absolute Gasteiger partial charge is 0.334 e. The molecule has 0 fully saturated rings. The molecule has 3 nitrogen and oxygen atoms in total. The summed E-state index contributed by atoms with van der Waals surface area (Å²) in [6.07, 6.45) is 3.25. The molecule has 3 heteroatoms. The Bertz CT molecular complexity index is 610. The van der Waals surface area contributed by atoms with Gasteiger partial charge in [0, 0.05) is 6.54 Å². The number of fused-ring (bicyclic) bond motifs is 1. The number of nitrogens with one attached hydrogen (secondary N) is 2. The van der Waals surface area contributed by atoms with Gasteiger partial charge in [-0.15, -0.1) is 0 Å². The average Bonchev–Trinajstić information content (AvgIpc) is 2.54. The van der Waals surface area contributed by atoms with Gasteiger partial charge in [-0.25, -0.2) is 4.79 Å². The van der Waals surface area contributed by atoms with E-state index in [-0.39, 0.29) is 12.1 Å². The molecular formula is C18H20N2O. The molecule has 0 aliphatic heterocycles. The summed E-state index contributed by atoms with van der Waals surface area (Å²) in [5.74, 6) is 0. The third-order valence-corrected chi connectivity index (χ3v) is 3.97. The number of hydrogen-bond acceptors (Lipinski definition) is 1. The van der Waals surface area contributed by atoms with E-state index in [4.69, 9.17) is 0 Å². The van der Waals surface area contributed by atoms with Crippen molar-refractivity contribution in [3.63, 3.8) is 0 Å². The van der Waals surface area contributed by atoms with Crippen LogP contribution in [0.25, 0.3) is 0 Å². The maximum Gasteiger partial charge on any atom is 0.315 e. The zero-order chi connectivity index (χ0) is 14.5. The molecule has 1 atom stereocenters. The van der Waals surface area contributed by atoms with E-state index < -0.39 is 0 Å². The van der Waals surface area contributed by atoms with Crippen molar-refractivity contribution in [2.45, 2.75) is 31.8 Å². The summed E-state index contributed by atoms with van der Waals surface area (Å²) in [6.45, 7) is 0.557. The van der Waals surface area contributed by atoms with Crippen molar-refractivity contribution in [2.24, 2.45) is 0 Å². The summed E-state index contributed by atoms with van der Waals surface area (Å²) in [5.41, 5.74) is 3.73. The number of carbonyl (C=O) groups is 1. The summed E-state index contributed by atoms with van der Waals surface area (Å²) in [5, 5.41) is 6.02. The van der Waals surface area contributed by atoms with Gasteiger partial charge in [-0.2, -0.15) is 0 Å². The molecule has 2 amide bonds. The standard InChI is InChI=1S/C18H20N2O/c21-18(19-13-14-7-2-1-3-8-14)20-17-12-6-10-15-9-4-5-11-16(15)17/h1-5,7-9,11,17H,6,10,12-13H2,(H2,19,20,21)/t17-/m1/s1. The molecule has 0 spiro atoms. The lowest BCUT2D eigenvalue weighted by Gasteiger charge is -2.26. The second-order valence-corrected chi connectivity index (χ2v) is 5.46. The number of hydrogen-bond donors (Lipinski definition) is 2. The third-order valence-electron chi connectivity index (χ3n) is 3.97. The molecule has 2 aromatic rings. The number of benzene rings is 2. The monoisotopic (exact) mass is 280 g/mol. The first kappa shape index (κ1) is 13.7. The van der Waals surface area contributed by atoms with E-state index in [0.717, 1.165) is 24.8 Å². The van der Waals surface area contributed by atoms with Crippen LogP contribution in [0.2, 0.25) is 0 Å². The summed E-state index contributed by atoms with van der Waals surface area (Å²) in [6, 6.07) is 18.4. The van der Waals surface area contributed by atoms with Crippen molar-refractivity contribution in [3.8, 4) is 0 Å². The maximum atomic E-state index is 12.1. The second kappa shape index (κ2) is 6.44. The Morgan fingerprint density at radius 2 is 1.81 bits per heavy atom. The van der Waals surface area contributed by atoms with Crippen LogP contribution < -0.4 is 10.6 Å². The van der Waals surface area contributed by atoms with Gasteiger partial charge < -0.3 is 10.6 Å². The van der Waals surface area contributed by atoms with Gasteiger partial charge >= 0.3 is 6.03 Å². The Hall–Kier alpha value is -2.29. The lowest BCUT2D eigenvalue weighted by Crippen LogP contribution is -2.38. The van der Waals surface area contributed by atoms with Crippen LogP contribution in [0.3, 0.4) is 0 Å². The third kappa shape index (κ3) is 3.43. The number of amides is 2. The summed E-state index contributed by atoms with van der Waals surface area (Å²) in [4.78, 5) is 12.1. The van der Waals surface area contributed by atoms with Crippen LogP contribution in [0, 0.1) is 0 Å². The SMILES string of the molecule is O=C(NCc1ccccc1)N[C@@H]1CCCc2ccccc21. The number of aryl methyl sites for hydroxylation is 1. The Morgan fingerprint density at radius 3 is 2.67 bits per heavy atom. The van der Waals surface area contributed by atoms with Crippen LogP contribution in [0.5, 0.6) is 0 Å². The first-order valence-corrected chi connectivity index (χ1v) is 7.49. The van der Waals surface area contributed by atoms with E-state index in [1.54, 1.807) is 0 Å². The zero-order valence-electron chi connectivity index (χ0n) is 12.0. The van der Waals surface area contributed by atoms with E-state index in [0.29, 0.717) is 6.54 Å². The molecule has 0 unspecified atom stereocenters. The Kier molecular flexibility index (Phi) is 4.20. The van der Waals surface area contributed by atoms with Crippen LogP contribution in [-0.2, 0) is 13.0 Å². The van der Waals surface area contributed by atoms with Crippen LogP contribution in [0.15, 0.2) is 54.6 Å².